The molecule has 2 aliphatic heterocycles. The van der Waals surface area contributed by atoms with Crippen molar-refractivity contribution in [1.82, 2.24) is 10.3 Å². The average Bonchev–Trinajstić information content (AvgIpc) is 3.39. The maximum absolute atomic E-state index is 13.3. The Morgan fingerprint density at radius 2 is 1.79 bits per heavy atom. The van der Waals surface area contributed by atoms with Crippen LogP contribution in [0.15, 0.2) is 57.6 Å². The molecule has 9 nitrogen and oxygen atoms in total. The molecule has 200 valence electrons. The molecule has 0 aliphatic carbocycles. The van der Waals surface area contributed by atoms with E-state index in [4.69, 9.17) is 5.26 Å². The molecule has 2 aliphatic rings. The van der Waals surface area contributed by atoms with Gasteiger partial charge in [-0.2, -0.15) is 36.7 Å². The molecule has 0 radical (unpaired) electrons. The molecule has 0 aromatic heterocycles. The number of carbonyl (C=O) groups is 1. The molecule has 0 saturated carbocycles. The summed E-state index contributed by atoms with van der Waals surface area (Å²) >= 11 is 2.08. The second-order valence-corrected chi connectivity index (χ2v) is 9.05. The minimum absolute atomic E-state index is 0. The molecule has 16 heteroatoms. The summed E-state index contributed by atoms with van der Waals surface area (Å²) in [6.45, 7) is 0. The number of amides is 2. The Hall–Kier alpha value is -3.72. The zero-order valence-electron chi connectivity index (χ0n) is 18.8. The van der Waals surface area contributed by atoms with E-state index in [1.54, 1.807) is 24.3 Å². The molecule has 2 aromatic rings. The van der Waals surface area contributed by atoms with Crippen LogP contribution in [0, 0.1) is 14.9 Å². The molecule has 2 aromatic carbocycles. The van der Waals surface area contributed by atoms with Gasteiger partial charge >= 0.3 is 18.4 Å². The molecular formula is C22H16F6IN7O2. The summed E-state index contributed by atoms with van der Waals surface area (Å²) in [5.74, 6) is -0.278. The standard InChI is InChI=1S/C22H14F6IN7O.H2O/c23-21(24,25)15-7-14(4-1-11(15)9-30)31-10-16-17-8-18(22(26,27)28)35-36(17)19(33-16)34-20(37)32-13-5-2-12(29)3-6-13;/h1-7,10,16-17H,8H2,(H2,32,33,34,37);1H2. The van der Waals surface area contributed by atoms with Crippen LogP contribution in [0.5, 0.6) is 0 Å². The van der Waals surface area contributed by atoms with E-state index in [1.165, 1.54) is 12.1 Å². The summed E-state index contributed by atoms with van der Waals surface area (Å²) in [6, 6.07) is 8.09. The molecule has 38 heavy (non-hydrogen) atoms. The van der Waals surface area contributed by atoms with Crippen molar-refractivity contribution >= 4 is 57.9 Å². The van der Waals surface area contributed by atoms with Crippen molar-refractivity contribution in [3.63, 3.8) is 0 Å². The minimum atomic E-state index is -4.80. The summed E-state index contributed by atoms with van der Waals surface area (Å²) < 4.78 is 80.6. The number of anilines is 1. The smallest absolute Gasteiger partial charge is 0.412 e. The van der Waals surface area contributed by atoms with Crippen LogP contribution in [0.1, 0.15) is 17.5 Å². The van der Waals surface area contributed by atoms with Gasteiger partial charge in [-0.1, -0.05) is 0 Å². The summed E-state index contributed by atoms with van der Waals surface area (Å²) in [6.07, 6.45) is -9.02. The maximum Gasteiger partial charge on any atom is 0.431 e. The lowest BCUT2D eigenvalue weighted by Gasteiger charge is -2.18. The molecule has 4 rings (SSSR count). The summed E-state index contributed by atoms with van der Waals surface area (Å²) in [4.78, 5) is 20.6. The number of hydrogen-bond donors (Lipinski definition) is 2. The Labute approximate surface area is 224 Å². The van der Waals surface area contributed by atoms with Gasteiger partial charge in [0, 0.05) is 21.9 Å². The van der Waals surface area contributed by atoms with E-state index >= 15 is 0 Å². The van der Waals surface area contributed by atoms with Crippen molar-refractivity contribution in [2.75, 3.05) is 5.32 Å². The fourth-order valence-corrected chi connectivity index (χ4v) is 3.94. The lowest BCUT2D eigenvalue weighted by Crippen LogP contribution is -2.43. The second-order valence-electron chi connectivity index (χ2n) is 7.81. The van der Waals surface area contributed by atoms with Gasteiger partial charge in [0.2, 0.25) is 5.96 Å². The highest BCUT2D eigenvalue weighted by atomic mass is 127. The van der Waals surface area contributed by atoms with E-state index in [1.807, 2.05) is 0 Å². The first-order valence-electron chi connectivity index (χ1n) is 10.4. The van der Waals surface area contributed by atoms with Gasteiger partial charge < -0.3 is 10.8 Å². The first kappa shape index (κ1) is 28.8. The van der Waals surface area contributed by atoms with Crippen LogP contribution >= 0.6 is 22.6 Å². The maximum atomic E-state index is 13.3. The van der Waals surface area contributed by atoms with E-state index in [0.29, 0.717) is 11.8 Å². The van der Waals surface area contributed by atoms with Crippen molar-refractivity contribution < 1.29 is 36.6 Å². The van der Waals surface area contributed by atoms with Gasteiger partial charge in [-0.05, 0) is 65.1 Å². The number of rotatable bonds is 3. The SMILES string of the molecule is N#Cc1ccc(N=CC2N=C(NC(=O)Nc3ccc(I)cc3)N3N=C(C(F)(F)F)CC23)cc1C(F)(F)F.O. The lowest BCUT2D eigenvalue weighted by atomic mass is 10.0. The highest BCUT2D eigenvalue weighted by molar-refractivity contribution is 14.1. The van der Waals surface area contributed by atoms with Gasteiger partial charge in [0.25, 0.3) is 0 Å². The molecule has 0 spiro atoms. The highest BCUT2D eigenvalue weighted by Gasteiger charge is 2.49. The van der Waals surface area contributed by atoms with Crippen LogP contribution < -0.4 is 10.6 Å². The van der Waals surface area contributed by atoms with Gasteiger partial charge in [-0.25, -0.2) is 14.8 Å². The lowest BCUT2D eigenvalue weighted by molar-refractivity contribution is -0.137. The van der Waals surface area contributed by atoms with Crippen molar-refractivity contribution in [3.05, 3.63) is 57.2 Å². The van der Waals surface area contributed by atoms with Gasteiger partial charge in [-0.15, -0.1) is 0 Å². The van der Waals surface area contributed by atoms with Crippen molar-refractivity contribution in [3.8, 4) is 6.07 Å². The highest BCUT2D eigenvalue weighted by Crippen LogP contribution is 2.35. The molecular weight excluding hydrogens is 635 g/mol. The van der Waals surface area contributed by atoms with E-state index in [9.17, 15) is 31.1 Å². The van der Waals surface area contributed by atoms with E-state index < -0.39 is 53.7 Å². The van der Waals surface area contributed by atoms with E-state index in [0.717, 1.165) is 20.9 Å². The van der Waals surface area contributed by atoms with Crippen molar-refractivity contribution in [2.45, 2.75) is 30.9 Å². The first-order valence-corrected chi connectivity index (χ1v) is 11.4. The predicted octanol–water partition coefficient (Wildman–Crippen LogP) is 4.61. The number of aliphatic imine (C=N–C) groups is 2. The number of benzene rings is 2. The van der Waals surface area contributed by atoms with Crippen LogP contribution in [-0.2, 0) is 6.18 Å². The summed E-state index contributed by atoms with van der Waals surface area (Å²) in [7, 11) is 0. The molecule has 2 amide bonds. The number of nitriles is 1. The number of urea groups is 1. The number of hydrogen-bond acceptors (Lipinski definition) is 6. The van der Waals surface area contributed by atoms with Crippen LogP contribution in [0.4, 0.5) is 42.5 Å². The Kier molecular flexibility index (Phi) is 8.31. The predicted molar refractivity (Wildman–Crippen MR) is 134 cm³/mol. The number of fused-ring (bicyclic) bond motifs is 1. The van der Waals surface area contributed by atoms with Gasteiger partial charge in [-0.3, -0.25) is 10.3 Å². The fraction of sp³-hybridized carbons (Fsp3) is 0.227. The molecule has 2 atom stereocenters. The van der Waals surface area contributed by atoms with Gasteiger partial charge in [0.15, 0.2) is 0 Å². The number of hydrazone groups is 1. The number of guanidine groups is 1. The van der Waals surface area contributed by atoms with Gasteiger partial charge in [0.05, 0.1) is 28.9 Å². The molecule has 0 fully saturated rings. The van der Waals surface area contributed by atoms with Crippen LogP contribution in [0.2, 0.25) is 0 Å². The Bertz CT molecular complexity index is 1350. The quantitative estimate of drug-likeness (QED) is 0.285. The third kappa shape index (κ3) is 6.39. The monoisotopic (exact) mass is 651 g/mol. The summed E-state index contributed by atoms with van der Waals surface area (Å²) in [5.41, 5.74) is -2.64. The third-order valence-electron chi connectivity index (χ3n) is 5.29. The molecule has 2 heterocycles. The topological polar surface area (TPSA) is 137 Å². The Morgan fingerprint density at radius 3 is 2.39 bits per heavy atom. The molecule has 0 bridgehead atoms. The van der Waals surface area contributed by atoms with Crippen LogP contribution in [-0.4, -0.2) is 52.7 Å². The Balaban J connectivity index is 0.00000400. The van der Waals surface area contributed by atoms with Crippen LogP contribution in [0.3, 0.4) is 0 Å². The summed E-state index contributed by atoms with van der Waals surface area (Å²) in [5, 5.41) is 18.3. The number of nitrogens with one attached hydrogen (secondary N) is 2. The number of halogens is 7. The first-order chi connectivity index (χ1) is 17.3. The minimum Gasteiger partial charge on any atom is -0.412 e. The van der Waals surface area contributed by atoms with Crippen molar-refractivity contribution in [1.29, 1.82) is 5.26 Å². The molecule has 0 saturated heterocycles. The van der Waals surface area contributed by atoms with Crippen molar-refractivity contribution in [2.24, 2.45) is 15.1 Å². The van der Waals surface area contributed by atoms with E-state index in [-0.39, 0.29) is 17.1 Å². The normalized spacial score (nSPS) is 18.8. The molecule has 2 unspecified atom stereocenters. The number of alkyl halides is 6. The molecule has 4 N–H and O–H groups in total. The zero-order valence-corrected chi connectivity index (χ0v) is 20.9. The number of carbonyl (C=O) groups excluding carboxylic acids is 1. The number of nitrogens with zero attached hydrogens (tertiary/aromatic N) is 5. The van der Waals surface area contributed by atoms with Gasteiger partial charge in [0.1, 0.15) is 11.8 Å². The fourth-order valence-electron chi connectivity index (χ4n) is 3.58. The average molecular weight is 651 g/mol. The largest absolute Gasteiger partial charge is 0.431 e. The zero-order chi connectivity index (χ0) is 27.0. The second kappa shape index (κ2) is 10.9. The Morgan fingerprint density at radius 1 is 1.11 bits per heavy atom. The van der Waals surface area contributed by atoms with E-state index in [2.05, 4.69) is 48.3 Å². The van der Waals surface area contributed by atoms with Crippen LogP contribution in [0.25, 0.3) is 0 Å². The third-order valence-corrected chi connectivity index (χ3v) is 6.01.